The Balaban J connectivity index is 0. The van der Waals surface area contributed by atoms with Gasteiger partial charge in [-0.15, -0.1) is 7.92 Å². The molecule has 0 aliphatic rings. The van der Waals surface area contributed by atoms with Gasteiger partial charge in [-0.25, -0.2) is 0 Å². The van der Waals surface area contributed by atoms with Crippen LogP contribution in [0.25, 0.3) is 0 Å². The molecule has 2 heteroatoms. The molecule has 0 unspecified atom stereocenters. The number of unbranched alkanes of at least 4 members (excludes halogenated alkanes) is 16. The van der Waals surface area contributed by atoms with E-state index in [2.05, 4.69) is 20.8 Å². The number of hydrogen-bond acceptors (Lipinski definition) is 1. The highest BCUT2D eigenvalue weighted by Gasteiger charge is 2.07. The van der Waals surface area contributed by atoms with E-state index in [4.69, 9.17) is 0 Å². The lowest BCUT2D eigenvalue weighted by atomic mass is 10.1. The summed E-state index contributed by atoms with van der Waals surface area (Å²) in [6, 6.07) is 0. The van der Waals surface area contributed by atoms with Crippen molar-refractivity contribution in [2.45, 2.75) is 143 Å². The lowest BCUT2D eigenvalue weighted by Crippen LogP contribution is -1.97. The lowest BCUT2D eigenvalue weighted by Gasteiger charge is -2.18. The van der Waals surface area contributed by atoms with E-state index < -0.39 is 0 Å². The van der Waals surface area contributed by atoms with Crippen LogP contribution >= 0.6 is 7.92 Å². The maximum atomic E-state index is 2.32. The van der Waals surface area contributed by atoms with Crippen LogP contribution in [0.1, 0.15) is 143 Å². The predicted octanol–water partition coefficient (Wildman–Crippen LogP) is 10.1. The van der Waals surface area contributed by atoms with Gasteiger partial charge in [-0.3, -0.25) is 0 Å². The highest BCUT2D eigenvalue weighted by atomic mass is 31.1. The van der Waals surface area contributed by atoms with Gasteiger partial charge < -0.3 is 6.15 Å². The van der Waals surface area contributed by atoms with Crippen LogP contribution < -0.4 is 6.15 Å². The fourth-order valence-corrected chi connectivity index (χ4v) is 6.54. The third kappa shape index (κ3) is 24.4. The van der Waals surface area contributed by atoms with E-state index in [1.165, 1.54) is 122 Å². The van der Waals surface area contributed by atoms with Gasteiger partial charge in [0, 0.05) is 0 Å². The van der Waals surface area contributed by atoms with Gasteiger partial charge in [0.15, 0.2) is 0 Å². The van der Waals surface area contributed by atoms with Crippen LogP contribution in [0, 0.1) is 0 Å². The molecule has 0 radical (unpaired) electrons. The van der Waals surface area contributed by atoms with Gasteiger partial charge >= 0.3 is 0 Å². The summed E-state index contributed by atoms with van der Waals surface area (Å²) in [5.41, 5.74) is 0. The Morgan fingerprint density at radius 3 is 0.815 bits per heavy atom. The Morgan fingerprint density at radius 2 is 0.556 bits per heavy atom. The summed E-state index contributed by atoms with van der Waals surface area (Å²) in [5.74, 6) is 0. The van der Waals surface area contributed by atoms with Crippen LogP contribution in [0.5, 0.6) is 0 Å². The second-order valence-corrected chi connectivity index (χ2v) is 11.2. The van der Waals surface area contributed by atoms with E-state index in [0.29, 0.717) is 7.92 Å². The fraction of sp³-hybridized carbons (Fsp3) is 1.00. The van der Waals surface area contributed by atoms with Crippen molar-refractivity contribution in [1.82, 2.24) is 6.15 Å². The minimum absolute atomic E-state index is 0. The molecule has 0 amide bonds. The summed E-state index contributed by atoms with van der Waals surface area (Å²) in [4.78, 5) is 0. The van der Waals surface area contributed by atoms with E-state index in [1.54, 1.807) is 18.5 Å². The largest absolute Gasteiger partial charge is 0.344 e. The Labute approximate surface area is 175 Å². The molecule has 0 atom stereocenters. The molecule has 0 aromatic heterocycles. The average Bonchev–Trinajstić information content (AvgIpc) is 2.65. The molecule has 0 saturated heterocycles. The van der Waals surface area contributed by atoms with Crippen LogP contribution in [0.2, 0.25) is 0 Å². The molecule has 0 aromatic rings. The zero-order valence-corrected chi connectivity index (χ0v) is 20.6. The molecular formula is C25H56NP. The smallest absolute Gasteiger partial charge is 0.0326 e. The van der Waals surface area contributed by atoms with Crippen molar-refractivity contribution in [2.75, 3.05) is 18.5 Å². The minimum atomic E-state index is 0. The summed E-state index contributed by atoms with van der Waals surface area (Å²) in [7, 11) is 0.363. The van der Waals surface area contributed by atoms with Crippen LogP contribution in [-0.4, -0.2) is 18.5 Å². The molecule has 1 nitrogen and oxygen atoms in total. The molecule has 0 aliphatic carbocycles. The van der Waals surface area contributed by atoms with Gasteiger partial charge in [0.2, 0.25) is 0 Å². The molecule has 0 bridgehead atoms. The van der Waals surface area contributed by atoms with Crippen LogP contribution in [0.4, 0.5) is 0 Å². The summed E-state index contributed by atoms with van der Waals surface area (Å²) in [6.45, 7) is 6.96. The highest BCUT2D eigenvalue weighted by Crippen LogP contribution is 2.39. The van der Waals surface area contributed by atoms with Crippen LogP contribution in [0.15, 0.2) is 0 Å². The molecule has 3 N–H and O–H groups in total. The maximum absolute atomic E-state index is 2.32. The first-order chi connectivity index (χ1) is 12.8. The Morgan fingerprint density at radius 1 is 0.333 bits per heavy atom. The minimum Gasteiger partial charge on any atom is -0.344 e. The molecule has 166 valence electrons. The number of rotatable bonds is 22. The van der Waals surface area contributed by atoms with Crippen molar-refractivity contribution < 1.29 is 0 Å². The zero-order valence-electron chi connectivity index (χ0n) is 19.7. The van der Waals surface area contributed by atoms with Crippen molar-refractivity contribution in [3.8, 4) is 0 Å². The second-order valence-electron chi connectivity index (χ2n) is 8.50. The Bertz CT molecular complexity index is 228. The van der Waals surface area contributed by atoms with Gasteiger partial charge in [-0.05, 0) is 37.7 Å². The summed E-state index contributed by atoms with van der Waals surface area (Å²) < 4.78 is 0. The van der Waals surface area contributed by atoms with E-state index in [1.807, 2.05) is 0 Å². The van der Waals surface area contributed by atoms with Crippen LogP contribution in [0.3, 0.4) is 0 Å². The lowest BCUT2D eigenvalue weighted by molar-refractivity contribution is 0.601. The number of hydrogen-bond donors (Lipinski definition) is 1. The Kier molecular flexibility index (Phi) is 28.9. The van der Waals surface area contributed by atoms with E-state index >= 15 is 0 Å². The molecule has 27 heavy (non-hydrogen) atoms. The van der Waals surface area contributed by atoms with Gasteiger partial charge in [-0.1, -0.05) is 124 Å². The molecule has 0 fully saturated rings. The summed E-state index contributed by atoms with van der Waals surface area (Å²) >= 11 is 0. The molecule has 0 spiro atoms. The van der Waals surface area contributed by atoms with E-state index in [9.17, 15) is 0 Å². The van der Waals surface area contributed by atoms with Crippen LogP contribution in [-0.2, 0) is 0 Å². The fourth-order valence-electron chi connectivity index (χ4n) is 3.86. The van der Waals surface area contributed by atoms with Crippen molar-refractivity contribution in [3.05, 3.63) is 0 Å². The SMILES string of the molecule is CCCCCCCCCP(CCCCCCCC)CCCCCCCC.N. The zero-order chi connectivity index (χ0) is 19.1. The molecule has 0 saturated carbocycles. The molecule has 0 aliphatic heterocycles. The molecule has 0 aromatic carbocycles. The van der Waals surface area contributed by atoms with Gasteiger partial charge in [0.05, 0.1) is 0 Å². The summed E-state index contributed by atoms with van der Waals surface area (Å²) in [5, 5.41) is 0. The topological polar surface area (TPSA) is 35.0 Å². The quantitative estimate of drug-likeness (QED) is 0.142. The van der Waals surface area contributed by atoms with Gasteiger partial charge in [0.25, 0.3) is 0 Å². The first kappa shape index (κ1) is 29.6. The van der Waals surface area contributed by atoms with Crippen molar-refractivity contribution in [3.63, 3.8) is 0 Å². The third-order valence-electron chi connectivity index (χ3n) is 5.73. The molecule has 0 rings (SSSR count). The monoisotopic (exact) mass is 401 g/mol. The first-order valence-electron chi connectivity index (χ1n) is 12.6. The molecule has 0 heterocycles. The third-order valence-corrected chi connectivity index (χ3v) is 8.58. The Hall–Kier alpha value is 0.390. The standard InChI is InChI=1S/C25H53P.H3N/c1-4-7-10-13-16-19-22-25-26(23-20-17-14-11-8-5-2)24-21-18-15-12-9-6-3;/h4-25H2,1-3H3;1H3. The average molecular weight is 402 g/mol. The first-order valence-corrected chi connectivity index (χ1v) is 14.5. The van der Waals surface area contributed by atoms with Crippen molar-refractivity contribution in [2.24, 2.45) is 0 Å². The maximum Gasteiger partial charge on any atom is -0.0326 e. The normalized spacial score (nSPS) is 11.1. The van der Waals surface area contributed by atoms with Crippen molar-refractivity contribution in [1.29, 1.82) is 0 Å². The van der Waals surface area contributed by atoms with E-state index in [0.717, 1.165) is 0 Å². The summed E-state index contributed by atoms with van der Waals surface area (Å²) in [6.07, 6.45) is 32.8. The van der Waals surface area contributed by atoms with Gasteiger partial charge in [0.1, 0.15) is 0 Å². The van der Waals surface area contributed by atoms with Crippen molar-refractivity contribution >= 4 is 7.92 Å². The molecular weight excluding hydrogens is 345 g/mol. The van der Waals surface area contributed by atoms with E-state index in [-0.39, 0.29) is 6.15 Å². The predicted molar refractivity (Wildman–Crippen MR) is 131 cm³/mol. The van der Waals surface area contributed by atoms with Gasteiger partial charge in [-0.2, -0.15) is 0 Å². The highest BCUT2D eigenvalue weighted by molar-refractivity contribution is 7.57. The second kappa shape index (κ2) is 26.4.